The molecule has 2 heterocycles. The molecule has 7 nitrogen and oxygen atoms in total. The first-order valence-corrected chi connectivity index (χ1v) is 12.7. The minimum atomic E-state index is -1.58. The van der Waals surface area contributed by atoms with Gasteiger partial charge in [0.05, 0.1) is 22.4 Å². The molecular formula is C32H26N4O3. The van der Waals surface area contributed by atoms with E-state index in [9.17, 15) is 14.4 Å². The van der Waals surface area contributed by atoms with Crippen molar-refractivity contribution < 1.29 is 14.4 Å². The molecule has 1 atom stereocenters. The Labute approximate surface area is 225 Å². The number of nitrogens with one attached hydrogen (secondary N) is 1. The van der Waals surface area contributed by atoms with Gasteiger partial charge in [-0.05, 0) is 48.8 Å². The van der Waals surface area contributed by atoms with Gasteiger partial charge >= 0.3 is 0 Å². The molecular weight excluding hydrogens is 488 g/mol. The first kappa shape index (κ1) is 24.4. The standard InChI is InChI=1S/C32H26N4O3/c1-18-9-13-20(14-10-18)22-17-25-28(35-24-8-6-5-7-23(24)34-25)32(22)27(21-15-11-19(2)12-16-21)26(29(37)33-3)30(38)36(4)31(32)39/h5-17H,1-4H3,(H,33,37). The average molecular weight is 515 g/mol. The van der Waals surface area contributed by atoms with E-state index in [0.717, 1.165) is 21.6 Å². The van der Waals surface area contributed by atoms with Crippen molar-refractivity contribution in [1.82, 2.24) is 20.2 Å². The Morgan fingerprint density at radius 3 is 1.97 bits per heavy atom. The predicted octanol–water partition coefficient (Wildman–Crippen LogP) is 4.24. The minimum absolute atomic E-state index is 0.0933. The van der Waals surface area contributed by atoms with E-state index in [1.165, 1.54) is 14.1 Å². The first-order valence-electron chi connectivity index (χ1n) is 12.7. The number of fused-ring (bicyclic) bond motifs is 3. The van der Waals surface area contributed by atoms with Crippen LogP contribution in [-0.2, 0) is 19.8 Å². The Hall–Kier alpha value is -4.91. The van der Waals surface area contributed by atoms with Crippen LogP contribution < -0.4 is 5.32 Å². The largest absolute Gasteiger partial charge is 0.355 e. The van der Waals surface area contributed by atoms with Crippen LogP contribution in [-0.4, -0.2) is 46.7 Å². The number of likely N-dealkylation sites (N-methyl/N-ethyl adjacent to an activating group) is 2. The van der Waals surface area contributed by atoms with Gasteiger partial charge in [0.25, 0.3) is 17.7 Å². The Bertz CT molecular complexity index is 1770. The Morgan fingerprint density at radius 1 is 0.821 bits per heavy atom. The molecule has 0 saturated carbocycles. The van der Waals surface area contributed by atoms with E-state index in [1.807, 2.05) is 92.7 Å². The van der Waals surface area contributed by atoms with Gasteiger partial charge in [-0.15, -0.1) is 0 Å². The summed E-state index contributed by atoms with van der Waals surface area (Å²) in [4.78, 5) is 52.7. The lowest BCUT2D eigenvalue weighted by molar-refractivity contribution is -0.144. The van der Waals surface area contributed by atoms with Crippen molar-refractivity contribution in [3.63, 3.8) is 0 Å². The molecule has 1 aliphatic heterocycles. The highest BCUT2D eigenvalue weighted by Gasteiger charge is 2.60. The summed E-state index contributed by atoms with van der Waals surface area (Å²) in [5.41, 5.74) is 4.93. The molecule has 192 valence electrons. The van der Waals surface area contributed by atoms with Crippen LogP contribution >= 0.6 is 0 Å². The molecule has 1 unspecified atom stereocenters. The number of hydrogen-bond acceptors (Lipinski definition) is 5. The summed E-state index contributed by atoms with van der Waals surface area (Å²) in [5.74, 6) is -1.71. The Morgan fingerprint density at radius 2 is 1.38 bits per heavy atom. The number of nitrogens with zero attached hydrogens (tertiary/aromatic N) is 3. The van der Waals surface area contributed by atoms with Crippen LogP contribution in [0, 0.1) is 13.8 Å². The van der Waals surface area contributed by atoms with E-state index < -0.39 is 23.1 Å². The smallest absolute Gasteiger partial charge is 0.266 e. The van der Waals surface area contributed by atoms with Crippen molar-refractivity contribution in [2.75, 3.05) is 14.1 Å². The molecule has 0 saturated heterocycles. The molecule has 3 amide bonds. The lowest BCUT2D eigenvalue weighted by Gasteiger charge is -2.41. The summed E-state index contributed by atoms with van der Waals surface area (Å²) >= 11 is 0. The highest BCUT2D eigenvalue weighted by molar-refractivity contribution is 6.36. The van der Waals surface area contributed by atoms with Crippen LogP contribution in [0.2, 0.25) is 0 Å². The summed E-state index contributed by atoms with van der Waals surface area (Å²) in [7, 11) is 2.89. The van der Waals surface area contributed by atoms with Crippen molar-refractivity contribution in [2.45, 2.75) is 19.3 Å². The average Bonchev–Trinajstić information content (AvgIpc) is 3.27. The second kappa shape index (κ2) is 8.84. The van der Waals surface area contributed by atoms with Crippen molar-refractivity contribution in [1.29, 1.82) is 0 Å². The maximum absolute atomic E-state index is 14.6. The van der Waals surface area contributed by atoms with E-state index in [1.54, 1.807) is 0 Å². The number of hydrogen-bond donors (Lipinski definition) is 1. The van der Waals surface area contributed by atoms with E-state index in [-0.39, 0.29) is 5.57 Å². The van der Waals surface area contributed by atoms with E-state index >= 15 is 0 Å². The van der Waals surface area contributed by atoms with Gasteiger partial charge in [0.15, 0.2) is 0 Å². The lowest BCUT2D eigenvalue weighted by Crippen LogP contribution is -2.55. The number of carbonyl (C=O) groups excluding carboxylic acids is 3. The number of aryl methyl sites for hydroxylation is 2. The number of amides is 3. The van der Waals surface area contributed by atoms with Crippen LogP contribution in [0.15, 0.2) is 78.4 Å². The van der Waals surface area contributed by atoms with E-state index in [4.69, 9.17) is 9.97 Å². The third kappa shape index (κ3) is 3.46. The van der Waals surface area contributed by atoms with Gasteiger partial charge in [0.1, 0.15) is 11.0 Å². The van der Waals surface area contributed by atoms with E-state index in [2.05, 4.69) is 5.32 Å². The third-order valence-electron chi connectivity index (χ3n) is 7.56. The maximum atomic E-state index is 14.6. The number of imide groups is 1. The molecule has 1 aliphatic carbocycles. The molecule has 4 aromatic rings. The van der Waals surface area contributed by atoms with Crippen LogP contribution in [0.1, 0.15) is 33.6 Å². The Kier molecular flexibility index (Phi) is 5.54. The molecule has 1 N–H and O–H groups in total. The lowest BCUT2D eigenvalue weighted by atomic mass is 9.64. The number of rotatable bonds is 3. The fourth-order valence-electron chi connectivity index (χ4n) is 5.59. The summed E-state index contributed by atoms with van der Waals surface area (Å²) in [6.07, 6.45) is 1.87. The summed E-state index contributed by atoms with van der Waals surface area (Å²) < 4.78 is 0. The van der Waals surface area contributed by atoms with Gasteiger partial charge < -0.3 is 5.32 Å². The van der Waals surface area contributed by atoms with Gasteiger partial charge in [-0.3, -0.25) is 19.3 Å². The molecule has 0 fully saturated rings. The zero-order valence-corrected chi connectivity index (χ0v) is 22.1. The van der Waals surface area contributed by atoms with Gasteiger partial charge in [-0.1, -0.05) is 71.8 Å². The van der Waals surface area contributed by atoms with Crippen molar-refractivity contribution in [3.8, 4) is 0 Å². The fraction of sp³-hybridized carbons (Fsp3) is 0.156. The number of carbonyl (C=O) groups is 3. The molecule has 2 aliphatic rings. The number of aromatic nitrogens is 2. The SMILES string of the molecule is CNC(=O)C1=C(c2ccc(C)cc2)C2(C(=O)N(C)C1=O)C(c1ccc(C)cc1)=Cc1nc3ccccc3nc12. The topological polar surface area (TPSA) is 92.3 Å². The molecule has 1 spiro atoms. The molecule has 7 heteroatoms. The van der Waals surface area contributed by atoms with Crippen LogP contribution in [0.3, 0.4) is 0 Å². The number of para-hydroxylation sites is 2. The van der Waals surface area contributed by atoms with Gasteiger partial charge in [0, 0.05) is 19.7 Å². The zero-order chi connectivity index (χ0) is 27.5. The van der Waals surface area contributed by atoms with Gasteiger partial charge in [-0.2, -0.15) is 0 Å². The molecule has 3 aromatic carbocycles. The number of benzene rings is 3. The highest BCUT2D eigenvalue weighted by atomic mass is 16.2. The molecule has 0 radical (unpaired) electrons. The molecule has 6 rings (SSSR count). The van der Waals surface area contributed by atoms with Crippen molar-refractivity contribution in [2.24, 2.45) is 0 Å². The molecule has 39 heavy (non-hydrogen) atoms. The summed E-state index contributed by atoms with van der Waals surface area (Å²) in [6, 6.07) is 22.8. The maximum Gasteiger partial charge on any atom is 0.266 e. The molecule has 0 bridgehead atoms. The van der Waals surface area contributed by atoms with Crippen molar-refractivity contribution in [3.05, 3.63) is 112 Å². The fourth-order valence-corrected chi connectivity index (χ4v) is 5.59. The van der Waals surface area contributed by atoms with Gasteiger partial charge in [-0.25, -0.2) is 9.97 Å². The second-order valence-electron chi connectivity index (χ2n) is 9.98. The van der Waals surface area contributed by atoms with Crippen molar-refractivity contribution >= 4 is 46.0 Å². The third-order valence-corrected chi connectivity index (χ3v) is 7.56. The first-order chi connectivity index (χ1) is 18.8. The van der Waals surface area contributed by atoms with Crippen LogP contribution in [0.25, 0.3) is 28.3 Å². The zero-order valence-electron chi connectivity index (χ0n) is 22.1. The normalized spacial score (nSPS) is 18.6. The van der Waals surface area contributed by atoms with Crippen LogP contribution in [0.4, 0.5) is 0 Å². The minimum Gasteiger partial charge on any atom is -0.355 e. The second-order valence-corrected chi connectivity index (χ2v) is 9.98. The highest BCUT2D eigenvalue weighted by Crippen LogP contribution is 2.57. The van der Waals surface area contributed by atoms with Crippen LogP contribution in [0.5, 0.6) is 0 Å². The predicted molar refractivity (Wildman–Crippen MR) is 150 cm³/mol. The summed E-state index contributed by atoms with van der Waals surface area (Å²) in [5, 5.41) is 2.62. The quantitative estimate of drug-likeness (QED) is 0.326. The monoisotopic (exact) mass is 514 g/mol. The molecule has 1 aromatic heterocycles. The van der Waals surface area contributed by atoms with Gasteiger partial charge in [0.2, 0.25) is 0 Å². The Balaban J connectivity index is 1.82. The van der Waals surface area contributed by atoms with E-state index in [0.29, 0.717) is 39.1 Å². The summed E-state index contributed by atoms with van der Waals surface area (Å²) in [6.45, 7) is 3.95.